The summed E-state index contributed by atoms with van der Waals surface area (Å²) in [6, 6.07) is 8.15. The summed E-state index contributed by atoms with van der Waals surface area (Å²) < 4.78 is 41.1. The molecule has 2 aromatic rings. The number of benzene rings is 1. The van der Waals surface area contributed by atoms with E-state index in [9.17, 15) is 18.9 Å². The van der Waals surface area contributed by atoms with Gasteiger partial charge in [-0.15, -0.1) is 0 Å². The Morgan fingerprint density at radius 2 is 2.10 bits per heavy atom. The predicted molar refractivity (Wildman–Crippen MR) is 101 cm³/mol. The van der Waals surface area contributed by atoms with Crippen LogP contribution in [-0.4, -0.2) is 34.3 Å². The Hall–Kier alpha value is -2.72. The average Bonchev–Trinajstić information content (AvgIpc) is 3.08. The Kier molecular flexibility index (Phi) is 5.61. The predicted octanol–water partition coefficient (Wildman–Crippen LogP) is 1.49. The van der Waals surface area contributed by atoms with Gasteiger partial charge in [-0.1, -0.05) is 18.2 Å². The zero-order valence-electron chi connectivity index (χ0n) is 15.9. The maximum Gasteiger partial charge on any atom is 0.530 e. The van der Waals surface area contributed by atoms with E-state index < -0.39 is 43.5 Å². The maximum absolute atomic E-state index is 12.8. The number of H-pyrrole nitrogens is 1. The number of phosphoric acid groups is 1. The Bertz CT molecular complexity index is 1110. The second kappa shape index (κ2) is 8.19. The number of ether oxygens (including phenoxy) is 2. The number of aromatic nitrogens is 2. The van der Waals surface area contributed by atoms with E-state index in [1.54, 1.807) is 24.3 Å². The first-order valence-electron chi connectivity index (χ1n) is 9.14. The minimum atomic E-state index is -3.90. The van der Waals surface area contributed by atoms with E-state index in [4.69, 9.17) is 23.0 Å². The molecule has 12 heteroatoms. The summed E-state index contributed by atoms with van der Waals surface area (Å²) in [5, 5.41) is 0. The highest BCUT2D eigenvalue weighted by atomic mass is 31.2. The van der Waals surface area contributed by atoms with Crippen LogP contribution in [0.1, 0.15) is 25.1 Å². The third-order valence-corrected chi connectivity index (χ3v) is 5.95. The normalized spacial score (nSPS) is 27.8. The maximum atomic E-state index is 12.8. The molecule has 4 atom stereocenters. The number of para-hydroxylation sites is 1. The summed E-state index contributed by atoms with van der Waals surface area (Å²) in [5.74, 6) is -0.151. The molecule has 1 saturated heterocycles. The highest BCUT2D eigenvalue weighted by Crippen LogP contribution is 2.54. The first-order valence-corrected chi connectivity index (χ1v) is 10.6. The minimum absolute atomic E-state index is 0.0573. The number of hydrogen-bond acceptors (Lipinski definition) is 9. The van der Waals surface area contributed by atoms with Crippen LogP contribution in [0.4, 0.5) is 0 Å². The molecule has 0 radical (unpaired) electrons. The summed E-state index contributed by atoms with van der Waals surface area (Å²) in [6.07, 6.45) is -1.01. The molecule has 0 saturated carbocycles. The van der Waals surface area contributed by atoms with Crippen molar-refractivity contribution in [2.24, 2.45) is 0 Å². The van der Waals surface area contributed by atoms with Gasteiger partial charge in [0.15, 0.2) is 0 Å². The molecule has 0 unspecified atom stereocenters. The van der Waals surface area contributed by atoms with Crippen LogP contribution in [0.25, 0.3) is 0 Å². The van der Waals surface area contributed by atoms with Crippen molar-refractivity contribution in [2.75, 3.05) is 6.61 Å². The molecule has 0 bridgehead atoms. The van der Waals surface area contributed by atoms with E-state index in [2.05, 4.69) is 4.98 Å². The number of rotatable bonds is 5. The molecule has 1 aromatic heterocycles. The molecule has 0 amide bonds. The lowest BCUT2D eigenvalue weighted by Gasteiger charge is -2.26. The summed E-state index contributed by atoms with van der Waals surface area (Å²) in [7, 11) is -3.90. The van der Waals surface area contributed by atoms with Crippen LogP contribution < -0.4 is 15.8 Å². The SMILES string of the molecule is CC(=O)O[C@@H]1C[C@H](n2ccc(=O)[nH]c2=O)O[C@@H]1CO[P@]1(=O)OCc2ccccc2O1. The van der Waals surface area contributed by atoms with Crippen LogP contribution in [0.3, 0.4) is 0 Å². The second-order valence-electron chi connectivity index (χ2n) is 6.75. The van der Waals surface area contributed by atoms with Gasteiger partial charge in [-0.3, -0.25) is 28.2 Å². The third-order valence-electron chi connectivity index (χ3n) is 4.62. The lowest BCUT2D eigenvalue weighted by Crippen LogP contribution is -2.32. The quantitative estimate of drug-likeness (QED) is 0.544. The fraction of sp³-hybridized carbons (Fsp3) is 0.389. The van der Waals surface area contributed by atoms with Crippen molar-refractivity contribution in [3.05, 3.63) is 62.9 Å². The molecular weight excluding hydrogens is 419 g/mol. The van der Waals surface area contributed by atoms with Gasteiger partial charge in [0.05, 0.1) is 13.2 Å². The molecular formula is C18H19N2O9P. The van der Waals surface area contributed by atoms with Crippen molar-refractivity contribution < 1.29 is 32.4 Å². The molecule has 0 aliphatic carbocycles. The van der Waals surface area contributed by atoms with E-state index in [1.807, 2.05) is 0 Å². The highest BCUT2D eigenvalue weighted by Gasteiger charge is 2.42. The second-order valence-corrected chi connectivity index (χ2v) is 8.34. The lowest BCUT2D eigenvalue weighted by atomic mass is 10.2. The molecule has 1 fully saturated rings. The molecule has 0 spiro atoms. The molecule has 1 aromatic carbocycles. The number of fused-ring (bicyclic) bond motifs is 1. The fourth-order valence-electron chi connectivity index (χ4n) is 3.25. The zero-order chi connectivity index (χ0) is 21.3. The van der Waals surface area contributed by atoms with Gasteiger partial charge >= 0.3 is 19.5 Å². The van der Waals surface area contributed by atoms with Crippen molar-refractivity contribution in [3.63, 3.8) is 0 Å². The van der Waals surface area contributed by atoms with Gasteiger partial charge in [0.25, 0.3) is 5.56 Å². The van der Waals surface area contributed by atoms with Crippen LogP contribution in [0.5, 0.6) is 5.75 Å². The summed E-state index contributed by atoms with van der Waals surface area (Å²) >= 11 is 0. The van der Waals surface area contributed by atoms with Gasteiger partial charge in [0.2, 0.25) is 0 Å². The number of nitrogens with zero attached hydrogens (tertiary/aromatic N) is 1. The summed E-state index contributed by atoms with van der Waals surface area (Å²) in [4.78, 5) is 36.9. The smallest absolute Gasteiger partial charge is 0.460 e. The van der Waals surface area contributed by atoms with Crippen LogP contribution in [0.2, 0.25) is 0 Å². The molecule has 160 valence electrons. The monoisotopic (exact) mass is 438 g/mol. The standard InChI is InChI=1S/C18H19N2O9P/c1-11(21)27-14-8-17(20-7-6-16(22)19-18(20)23)28-15(14)10-26-30(24)25-9-12-4-2-3-5-13(12)29-30/h2-7,14-15,17H,8-10H2,1H3,(H,19,22,23)/t14-,15-,17-,30+/m1/s1. The first-order chi connectivity index (χ1) is 14.3. The van der Waals surface area contributed by atoms with E-state index in [-0.39, 0.29) is 19.6 Å². The van der Waals surface area contributed by atoms with E-state index >= 15 is 0 Å². The van der Waals surface area contributed by atoms with Gasteiger partial charge in [-0.05, 0) is 6.07 Å². The van der Waals surface area contributed by atoms with Gasteiger partial charge < -0.3 is 14.0 Å². The lowest BCUT2D eigenvalue weighted by molar-refractivity contribution is -0.150. The number of carbonyl (C=O) groups excluding carboxylic acids is 1. The van der Waals surface area contributed by atoms with Crippen molar-refractivity contribution >= 4 is 13.8 Å². The summed E-state index contributed by atoms with van der Waals surface area (Å²) in [6.45, 7) is 1.03. The first kappa shape index (κ1) is 20.5. The van der Waals surface area contributed by atoms with Crippen LogP contribution in [0.15, 0.2) is 46.1 Å². The third kappa shape index (κ3) is 4.39. The molecule has 2 aliphatic heterocycles. The van der Waals surface area contributed by atoms with Crippen molar-refractivity contribution in [1.29, 1.82) is 0 Å². The van der Waals surface area contributed by atoms with Gasteiger partial charge in [-0.25, -0.2) is 9.36 Å². The zero-order valence-corrected chi connectivity index (χ0v) is 16.8. The van der Waals surface area contributed by atoms with Crippen LogP contribution >= 0.6 is 7.82 Å². The molecule has 4 rings (SSSR count). The molecule has 3 heterocycles. The van der Waals surface area contributed by atoms with E-state index in [0.717, 1.165) is 5.56 Å². The largest absolute Gasteiger partial charge is 0.530 e. The number of carbonyl (C=O) groups is 1. The van der Waals surface area contributed by atoms with Gasteiger partial charge in [0, 0.05) is 31.2 Å². The molecule has 2 aliphatic rings. The van der Waals surface area contributed by atoms with Gasteiger partial charge in [-0.2, -0.15) is 0 Å². The van der Waals surface area contributed by atoms with Crippen LogP contribution in [-0.2, 0) is 34.5 Å². The van der Waals surface area contributed by atoms with E-state index in [0.29, 0.717) is 5.75 Å². The van der Waals surface area contributed by atoms with Gasteiger partial charge in [0.1, 0.15) is 24.2 Å². The Morgan fingerprint density at radius 1 is 1.30 bits per heavy atom. The van der Waals surface area contributed by atoms with Crippen molar-refractivity contribution in [1.82, 2.24) is 9.55 Å². The minimum Gasteiger partial charge on any atom is -0.460 e. The van der Waals surface area contributed by atoms with Crippen molar-refractivity contribution in [3.8, 4) is 5.75 Å². The van der Waals surface area contributed by atoms with Crippen LogP contribution in [0, 0.1) is 0 Å². The average molecular weight is 438 g/mol. The molecule has 30 heavy (non-hydrogen) atoms. The fourth-order valence-corrected chi connectivity index (χ4v) is 4.47. The van der Waals surface area contributed by atoms with Crippen molar-refractivity contribution in [2.45, 2.75) is 38.4 Å². The number of aromatic amines is 1. The topological polar surface area (TPSA) is 135 Å². The Labute approximate surface area is 170 Å². The number of nitrogens with one attached hydrogen (secondary N) is 1. The molecule has 11 nitrogen and oxygen atoms in total. The molecule has 1 N–H and O–H groups in total. The number of phosphoric ester groups is 1. The Morgan fingerprint density at radius 3 is 2.87 bits per heavy atom. The number of hydrogen-bond donors (Lipinski definition) is 1. The van der Waals surface area contributed by atoms with E-state index in [1.165, 1.54) is 23.8 Å². The Balaban J connectivity index is 1.47. The highest BCUT2D eigenvalue weighted by molar-refractivity contribution is 7.49. The number of esters is 1. The summed E-state index contributed by atoms with van der Waals surface area (Å²) in [5.41, 5.74) is -0.477.